The van der Waals surface area contributed by atoms with Gasteiger partial charge in [0.05, 0.1) is 36.0 Å². The van der Waals surface area contributed by atoms with Crippen molar-refractivity contribution >= 4 is 35.8 Å². The lowest BCUT2D eigenvalue weighted by Gasteiger charge is -2.38. The van der Waals surface area contributed by atoms with E-state index in [4.69, 9.17) is 0 Å². The predicted octanol–water partition coefficient (Wildman–Crippen LogP) is 2.62. The molecule has 2 aromatic rings. The van der Waals surface area contributed by atoms with Gasteiger partial charge in [0.15, 0.2) is 0 Å². The van der Waals surface area contributed by atoms with E-state index in [0.29, 0.717) is 60.5 Å². The van der Waals surface area contributed by atoms with Crippen molar-refractivity contribution in [3.63, 3.8) is 0 Å². The number of fused-ring (bicyclic) bond motifs is 8. The van der Waals surface area contributed by atoms with Crippen LogP contribution in [0, 0.1) is 47.3 Å². The number of allylic oxidation sites excluding steroid dienone is 2. The van der Waals surface area contributed by atoms with Crippen LogP contribution in [0.1, 0.15) is 99.8 Å². The Bertz CT molecular complexity index is 2070. The van der Waals surface area contributed by atoms with Crippen molar-refractivity contribution in [2.24, 2.45) is 47.3 Å². The Kier molecular flexibility index (Phi) is 11.0. The van der Waals surface area contributed by atoms with Crippen molar-refractivity contribution in [3.05, 3.63) is 79.6 Å². The van der Waals surface area contributed by atoms with Crippen molar-refractivity contribution in [2.75, 3.05) is 26.3 Å². The number of aliphatic hydroxyl groups excluding tert-OH is 2. The van der Waals surface area contributed by atoms with Gasteiger partial charge in [0, 0.05) is 85.6 Å². The summed E-state index contributed by atoms with van der Waals surface area (Å²) in [6, 6.07) is 5.64. The van der Waals surface area contributed by atoms with E-state index >= 15 is 0 Å². The first-order chi connectivity index (χ1) is 29.1. The van der Waals surface area contributed by atoms with Crippen LogP contribution < -0.4 is 21.8 Å². The maximum Gasteiger partial charge on any atom is 0.258 e. The third kappa shape index (κ3) is 7.26. The van der Waals surface area contributed by atoms with E-state index < -0.39 is 23.9 Å². The highest BCUT2D eigenvalue weighted by Crippen LogP contribution is 2.52. The van der Waals surface area contributed by atoms with E-state index in [2.05, 4.69) is 10.6 Å². The molecule has 2 aromatic heterocycles. The van der Waals surface area contributed by atoms with Gasteiger partial charge in [-0.2, -0.15) is 0 Å². The fraction of sp³-hybridized carbons (Fsp3) is 0.609. The molecule has 4 bridgehead atoms. The number of pyridine rings is 2. The molecule has 0 aromatic carbocycles. The predicted molar refractivity (Wildman–Crippen MR) is 223 cm³/mol. The maximum atomic E-state index is 13.2. The standard InChI is InChI=1S/2C23H29N3O4/c2*1-2-3-14-8-9-17-20-19(21(28)24-10-13-4-5-13)16(12-27)18(11-25(17)22(14)29)26(20)23(30)15-6-7-15/h2*2-3,8-9,13,15-16,18-20,27H,4-7,10-12H2,1H3,(H,24,28)/b3-2+;3-2-/t2*16-,18-,19+,20+/m11/s1. The molecular formula is C46H58N6O8. The lowest BCUT2D eigenvalue weighted by molar-refractivity contribution is -0.139. The van der Waals surface area contributed by atoms with Gasteiger partial charge in [0.1, 0.15) is 0 Å². The Hall–Kier alpha value is -4.82. The Morgan fingerprint density at radius 3 is 1.32 bits per heavy atom. The fourth-order valence-electron chi connectivity index (χ4n) is 10.5. The van der Waals surface area contributed by atoms with Crippen LogP contribution in [0.2, 0.25) is 0 Å². The average Bonchev–Trinajstić information content (AvgIpc) is 4.05. The number of nitrogens with zero attached hydrogens (tertiary/aromatic N) is 4. The molecule has 4 saturated carbocycles. The number of rotatable bonds is 12. The highest BCUT2D eigenvalue weighted by atomic mass is 16.3. The summed E-state index contributed by atoms with van der Waals surface area (Å²) in [6.45, 7) is 5.32. The maximum absolute atomic E-state index is 13.2. The number of hydrogen-bond acceptors (Lipinski definition) is 8. The SMILES string of the molecule is C/C=C/c1ccc2n(c1=O)C[C@@H]1[C@@H](CO)[C@H](C(=O)NCC3CC3)[C@H]2N1C(=O)C1CC1.C/C=C\c1ccc2n(c1=O)C[C@@H]1[C@@H](CO)[C@H](C(=O)NCC3CC3)[C@H]2N1C(=O)C1CC1. The van der Waals surface area contributed by atoms with Crippen molar-refractivity contribution in [3.8, 4) is 0 Å². The van der Waals surface area contributed by atoms with Crippen LogP contribution in [0.3, 0.4) is 0 Å². The van der Waals surface area contributed by atoms with Crippen LogP contribution in [0.5, 0.6) is 0 Å². The number of aliphatic hydroxyl groups is 2. The minimum absolute atomic E-state index is 0.0168. The first-order valence-corrected chi connectivity index (χ1v) is 22.2. The topological polar surface area (TPSA) is 183 Å². The number of carbonyl (C=O) groups excluding carboxylic acids is 4. The summed E-state index contributed by atoms with van der Waals surface area (Å²) < 4.78 is 3.44. The molecule has 4 aliphatic heterocycles. The van der Waals surface area contributed by atoms with Gasteiger partial charge in [-0.05, 0) is 101 Å². The average molecular weight is 823 g/mol. The molecule has 0 spiro atoms. The number of carbonyl (C=O) groups is 4. The largest absolute Gasteiger partial charge is 0.396 e. The molecular weight excluding hydrogens is 765 g/mol. The molecule has 6 heterocycles. The molecule has 14 nitrogen and oxygen atoms in total. The van der Waals surface area contributed by atoms with Crippen molar-refractivity contribution in [1.29, 1.82) is 0 Å². The second-order valence-electron chi connectivity index (χ2n) is 18.4. The Labute approximate surface area is 349 Å². The molecule has 4 N–H and O–H groups in total. The summed E-state index contributed by atoms with van der Waals surface area (Å²) in [6.07, 6.45) is 15.3. The third-order valence-electron chi connectivity index (χ3n) is 14.3. The summed E-state index contributed by atoms with van der Waals surface area (Å²) in [5, 5.41) is 26.6. The normalized spacial score (nSPS) is 29.9. The molecule has 60 heavy (non-hydrogen) atoms. The summed E-state index contributed by atoms with van der Waals surface area (Å²) in [7, 11) is 0. The van der Waals surface area contributed by atoms with Crippen molar-refractivity contribution < 1.29 is 29.4 Å². The number of hydrogen-bond donors (Lipinski definition) is 4. The van der Waals surface area contributed by atoms with Crippen LogP contribution >= 0.6 is 0 Å². The number of nitrogens with one attached hydrogen (secondary N) is 2. The third-order valence-corrected chi connectivity index (χ3v) is 14.3. The van der Waals surface area contributed by atoms with Crippen LogP contribution in [-0.4, -0.2) is 91.2 Å². The molecule has 320 valence electrons. The summed E-state index contributed by atoms with van der Waals surface area (Å²) in [5.41, 5.74) is 2.41. The van der Waals surface area contributed by atoms with Crippen molar-refractivity contribution in [2.45, 2.75) is 102 Å². The van der Waals surface area contributed by atoms with Gasteiger partial charge in [-0.3, -0.25) is 28.8 Å². The van der Waals surface area contributed by atoms with Gasteiger partial charge in [-0.25, -0.2) is 0 Å². The monoisotopic (exact) mass is 822 g/mol. The van der Waals surface area contributed by atoms with Crippen LogP contribution in [-0.2, 0) is 32.3 Å². The van der Waals surface area contributed by atoms with Gasteiger partial charge in [0.2, 0.25) is 23.6 Å². The van der Waals surface area contributed by atoms with Gasteiger partial charge in [-0.15, -0.1) is 0 Å². The summed E-state index contributed by atoms with van der Waals surface area (Å²) >= 11 is 0. The molecule has 10 rings (SSSR count). The highest BCUT2D eigenvalue weighted by molar-refractivity contribution is 5.87. The molecule has 0 unspecified atom stereocenters. The van der Waals surface area contributed by atoms with Crippen molar-refractivity contribution in [1.82, 2.24) is 29.6 Å². The van der Waals surface area contributed by atoms with E-state index in [0.717, 1.165) is 51.4 Å². The van der Waals surface area contributed by atoms with Crippen LogP contribution in [0.4, 0.5) is 0 Å². The molecule has 6 fully saturated rings. The second-order valence-corrected chi connectivity index (χ2v) is 18.4. The molecule has 4 amide bonds. The lowest BCUT2D eigenvalue weighted by atomic mass is 9.86. The number of aromatic nitrogens is 2. The zero-order chi connectivity index (χ0) is 42.0. The molecule has 4 aliphatic carbocycles. The Morgan fingerprint density at radius 1 is 0.617 bits per heavy atom. The first-order valence-electron chi connectivity index (χ1n) is 22.2. The van der Waals surface area contributed by atoms with E-state index in [1.807, 2.05) is 47.9 Å². The van der Waals surface area contributed by atoms with Gasteiger partial charge < -0.3 is 39.8 Å². The minimum Gasteiger partial charge on any atom is -0.396 e. The van der Waals surface area contributed by atoms with E-state index in [1.165, 1.54) is 0 Å². The molecule has 14 heteroatoms. The summed E-state index contributed by atoms with van der Waals surface area (Å²) in [5.74, 6) is -0.789. The molecule has 0 radical (unpaired) electrons. The van der Waals surface area contributed by atoms with E-state index in [1.54, 1.807) is 33.4 Å². The lowest BCUT2D eigenvalue weighted by Crippen LogP contribution is -2.49. The minimum atomic E-state index is -0.540. The van der Waals surface area contributed by atoms with Gasteiger partial charge in [-0.1, -0.05) is 24.3 Å². The number of amides is 4. The molecule has 8 aliphatic rings. The van der Waals surface area contributed by atoms with E-state index in [-0.39, 0.29) is 83.7 Å². The Morgan fingerprint density at radius 2 is 1.00 bits per heavy atom. The smallest absolute Gasteiger partial charge is 0.258 e. The molecule has 2 saturated heterocycles. The first kappa shape index (κ1) is 40.6. The molecule has 8 atom stereocenters. The highest BCUT2D eigenvalue weighted by Gasteiger charge is 2.60. The van der Waals surface area contributed by atoms with Gasteiger partial charge >= 0.3 is 0 Å². The van der Waals surface area contributed by atoms with Crippen LogP contribution in [0.15, 0.2) is 46.0 Å². The van der Waals surface area contributed by atoms with Gasteiger partial charge in [0.25, 0.3) is 11.1 Å². The fourth-order valence-corrected chi connectivity index (χ4v) is 10.5. The Balaban J connectivity index is 0.000000154. The zero-order valence-electron chi connectivity index (χ0n) is 34.6. The summed E-state index contributed by atoms with van der Waals surface area (Å²) in [4.78, 5) is 82.8. The van der Waals surface area contributed by atoms with Crippen LogP contribution in [0.25, 0.3) is 12.2 Å². The quantitative estimate of drug-likeness (QED) is 0.252. The van der Waals surface area contributed by atoms with E-state index in [9.17, 15) is 39.0 Å². The second kappa shape index (κ2) is 16.2. The zero-order valence-corrected chi connectivity index (χ0v) is 34.6.